The van der Waals surface area contributed by atoms with Crippen LogP contribution in [0, 0.1) is 0 Å². The molecule has 0 aromatic heterocycles. The van der Waals surface area contributed by atoms with E-state index in [1.807, 2.05) is 54.3 Å². The Labute approximate surface area is 154 Å². The molecule has 0 N–H and O–H groups in total. The highest BCUT2D eigenvalue weighted by molar-refractivity contribution is 8.00. The fourth-order valence-electron chi connectivity index (χ4n) is 3.72. The predicted octanol–water partition coefficient (Wildman–Crippen LogP) is 4.35. The fourth-order valence-corrected chi connectivity index (χ4v) is 5.18. The number of sulfonamides is 1. The van der Waals surface area contributed by atoms with Gasteiger partial charge in [0, 0.05) is 17.8 Å². The molecular weight excluding hydrogens is 344 g/mol. The van der Waals surface area contributed by atoms with Gasteiger partial charge < -0.3 is 4.90 Å². The molecule has 5 heteroatoms. The summed E-state index contributed by atoms with van der Waals surface area (Å²) in [4.78, 5) is 2.35. The van der Waals surface area contributed by atoms with Crippen LogP contribution < -0.4 is 4.90 Å². The highest BCUT2D eigenvalue weighted by Crippen LogP contribution is 2.37. The van der Waals surface area contributed by atoms with Gasteiger partial charge in [0.25, 0.3) is 10.0 Å². The van der Waals surface area contributed by atoms with E-state index in [2.05, 4.69) is 24.3 Å². The van der Waals surface area contributed by atoms with Gasteiger partial charge in [0.1, 0.15) is 4.91 Å². The molecule has 2 heterocycles. The lowest BCUT2D eigenvalue weighted by atomic mass is 10.0. The average Bonchev–Trinajstić information content (AvgIpc) is 3.13. The second-order valence-electron chi connectivity index (χ2n) is 7.15. The second kappa shape index (κ2) is 6.09. The first-order valence-corrected chi connectivity index (χ1v) is 10.3. The van der Waals surface area contributed by atoms with Gasteiger partial charge in [-0.1, -0.05) is 56.3 Å². The molecule has 0 atom stereocenters. The van der Waals surface area contributed by atoms with Crippen molar-refractivity contribution in [2.75, 3.05) is 11.4 Å². The third kappa shape index (κ3) is 2.67. The smallest absolute Gasteiger partial charge is 0.285 e. The van der Waals surface area contributed by atoms with Gasteiger partial charge in [-0.2, -0.15) is 8.42 Å². The van der Waals surface area contributed by atoms with Crippen molar-refractivity contribution in [2.45, 2.75) is 33.1 Å². The standard InChI is InChI=1S/C21H22N2O2S/c1-14(2)16-8-10-18(11-9-16)20-15(3)21(22-26(20,24)25)23-13-12-17-6-4-5-7-19(17)23/h4-11,14H,12-13H2,1-3H3. The van der Waals surface area contributed by atoms with E-state index in [0.29, 0.717) is 22.2 Å². The van der Waals surface area contributed by atoms with Crippen LogP contribution in [0.3, 0.4) is 0 Å². The molecule has 2 aliphatic rings. The van der Waals surface area contributed by atoms with E-state index >= 15 is 0 Å². The molecule has 0 spiro atoms. The second-order valence-corrected chi connectivity index (χ2v) is 8.69. The van der Waals surface area contributed by atoms with Crippen molar-refractivity contribution in [3.63, 3.8) is 0 Å². The lowest BCUT2D eigenvalue weighted by molar-refractivity contribution is 0.608. The third-order valence-corrected chi connectivity index (χ3v) is 6.59. The lowest BCUT2D eigenvalue weighted by Gasteiger charge is -2.19. The number of rotatable bonds is 2. The maximum atomic E-state index is 12.8. The quantitative estimate of drug-likeness (QED) is 0.794. The molecule has 0 fully saturated rings. The van der Waals surface area contributed by atoms with Crippen LogP contribution in [-0.2, 0) is 16.4 Å². The van der Waals surface area contributed by atoms with Gasteiger partial charge in [-0.3, -0.25) is 0 Å². The first-order valence-electron chi connectivity index (χ1n) is 8.90. The topological polar surface area (TPSA) is 49.7 Å². The van der Waals surface area contributed by atoms with Crippen LogP contribution in [0.5, 0.6) is 0 Å². The lowest BCUT2D eigenvalue weighted by Crippen LogP contribution is -2.28. The highest BCUT2D eigenvalue weighted by atomic mass is 32.2. The van der Waals surface area contributed by atoms with Crippen LogP contribution in [0.2, 0.25) is 0 Å². The summed E-state index contributed by atoms with van der Waals surface area (Å²) in [5, 5.41) is 0. The number of anilines is 1. The number of amidine groups is 1. The number of para-hydroxylation sites is 1. The monoisotopic (exact) mass is 366 g/mol. The molecule has 2 aromatic carbocycles. The molecule has 0 saturated carbocycles. The maximum absolute atomic E-state index is 12.8. The predicted molar refractivity (Wildman–Crippen MR) is 107 cm³/mol. The zero-order valence-electron chi connectivity index (χ0n) is 15.2. The van der Waals surface area contributed by atoms with E-state index in [1.165, 1.54) is 11.1 Å². The van der Waals surface area contributed by atoms with E-state index < -0.39 is 10.0 Å². The molecule has 0 aliphatic carbocycles. The molecular formula is C21H22N2O2S. The van der Waals surface area contributed by atoms with Crippen molar-refractivity contribution in [1.29, 1.82) is 0 Å². The van der Waals surface area contributed by atoms with Gasteiger partial charge in [-0.05, 0) is 42.0 Å². The molecule has 0 saturated heterocycles. The normalized spacial score (nSPS) is 18.5. The summed E-state index contributed by atoms with van der Waals surface area (Å²) in [5.41, 5.74) is 4.90. The molecule has 0 amide bonds. The van der Waals surface area contributed by atoms with Crippen molar-refractivity contribution in [3.05, 3.63) is 70.8 Å². The third-order valence-electron chi connectivity index (χ3n) is 5.12. The van der Waals surface area contributed by atoms with Crippen molar-refractivity contribution >= 4 is 26.5 Å². The van der Waals surface area contributed by atoms with Crippen molar-refractivity contribution in [2.24, 2.45) is 4.40 Å². The van der Waals surface area contributed by atoms with E-state index in [9.17, 15) is 8.42 Å². The zero-order valence-corrected chi connectivity index (χ0v) is 16.0. The molecule has 0 bridgehead atoms. The first-order chi connectivity index (χ1) is 12.4. The molecule has 2 aromatic rings. The van der Waals surface area contributed by atoms with E-state index in [-0.39, 0.29) is 0 Å². The van der Waals surface area contributed by atoms with Crippen molar-refractivity contribution < 1.29 is 8.42 Å². The Morgan fingerprint density at radius 3 is 2.42 bits per heavy atom. The Balaban J connectivity index is 1.78. The van der Waals surface area contributed by atoms with Gasteiger partial charge in [0.15, 0.2) is 5.84 Å². The number of hydrogen-bond donors (Lipinski definition) is 0. The van der Waals surface area contributed by atoms with Crippen LogP contribution in [0.15, 0.2) is 58.5 Å². The maximum Gasteiger partial charge on any atom is 0.285 e. The Kier molecular flexibility index (Phi) is 3.99. The summed E-state index contributed by atoms with van der Waals surface area (Å²) >= 11 is 0. The molecule has 4 nitrogen and oxygen atoms in total. The van der Waals surface area contributed by atoms with Gasteiger partial charge >= 0.3 is 0 Å². The summed E-state index contributed by atoms with van der Waals surface area (Å²) in [6.07, 6.45) is 0.904. The van der Waals surface area contributed by atoms with Gasteiger partial charge in [0.2, 0.25) is 0 Å². The zero-order chi connectivity index (χ0) is 18.5. The van der Waals surface area contributed by atoms with E-state index in [0.717, 1.165) is 24.2 Å². The summed E-state index contributed by atoms with van der Waals surface area (Å²) in [6.45, 7) is 6.86. The number of benzene rings is 2. The van der Waals surface area contributed by atoms with Crippen LogP contribution >= 0.6 is 0 Å². The Morgan fingerprint density at radius 1 is 1.04 bits per heavy atom. The number of fused-ring (bicyclic) bond motifs is 1. The fraction of sp³-hybridized carbons (Fsp3) is 0.286. The average molecular weight is 366 g/mol. The van der Waals surface area contributed by atoms with E-state index in [4.69, 9.17) is 0 Å². The summed E-state index contributed by atoms with van der Waals surface area (Å²) in [6, 6.07) is 15.9. The molecule has 0 unspecified atom stereocenters. The van der Waals surface area contributed by atoms with Gasteiger partial charge in [0.05, 0.1) is 0 Å². The molecule has 134 valence electrons. The van der Waals surface area contributed by atoms with Crippen LogP contribution in [0.1, 0.15) is 43.4 Å². The first kappa shape index (κ1) is 17.0. The number of nitrogens with zero attached hydrogens (tertiary/aromatic N) is 2. The van der Waals surface area contributed by atoms with Crippen molar-refractivity contribution in [1.82, 2.24) is 0 Å². The summed E-state index contributed by atoms with van der Waals surface area (Å²) in [7, 11) is -3.69. The van der Waals surface area contributed by atoms with E-state index in [1.54, 1.807) is 0 Å². The highest BCUT2D eigenvalue weighted by Gasteiger charge is 2.35. The van der Waals surface area contributed by atoms with Gasteiger partial charge in [-0.15, -0.1) is 4.40 Å². The van der Waals surface area contributed by atoms with Crippen LogP contribution in [0.4, 0.5) is 5.69 Å². The largest absolute Gasteiger partial charge is 0.325 e. The van der Waals surface area contributed by atoms with Crippen molar-refractivity contribution in [3.8, 4) is 0 Å². The van der Waals surface area contributed by atoms with Crippen LogP contribution in [0.25, 0.3) is 4.91 Å². The minimum Gasteiger partial charge on any atom is -0.325 e. The summed E-state index contributed by atoms with van der Waals surface area (Å²) in [5.74, 6) is 0.963. The SMILES string of the molecule is CC1=C(c2ccc(C(C)C)cc2)S(=O)(=O)N=C1N1CCc2ccccc21. The molecule has 26 heavy (non-hydrogen) atoms. The molecule has 4 rings (SSSR count). The Bertz CT molecular complexity index is 1030. The Morgan fingerprint density at radius 2 is 1.73 bits per heavy atom. The minimum absolute atomic E-state index is 0.326. The number of hydrogen-bond acceptors (Lipinski definition) is 3. The Hall–Kier alpha value is -2.40. The minimum atomic E-state index is -3.69. The molecule has 2 aliphatic heterocycles. The molecule has 0 radical (unpaired) electrons. The summed E-state index contributed by atoms with van der Waals surface area (Å²) < 4.78 is 29.7. The van der Waals surface area contributed by atoms with Crippen LogP contribution in [-0.4, -0.2) is 20.8 Å². The van der Waals surface area contributed by atoms with Gasteiger partial charge in [-0.25, -0.2) is 0 Å².